The van der Waals surface area contributed by atoms with E-state index in [-0.39, 0.29) is 18.0 Å². The summed E-state index contributed by atoms with van der Waals surface area (Å²) in [6.45, 7) is 2.61. The summed E-state index contributed by atoms with van der Waals surface area (Å²) in [5, 5.41) is 0. The molecule has 2 unspecified atom stereocenters. The van der Waals surface area contributed by atoms with Gasteiger partial charge in [-0.3, -0.25) is 9.69 Å². The molecule has 0 bridgehead atoms. The van der Waals surface area contributed by atoms with Gasteiger partial charge in [0.05, 0.1) is 6.54 Å². The van der Waals surface area contributed by atoms with Crippen molar-refractivity contribution in [3.05, 3.63) is 35.6 Å². The van der Waals surface area contributed by atoms with Gasteiger partial charge in [-0.2, -0.15) is 0 Å². The van der Waals surface area contributed by atoms with Crippen molar-refractivity contribution in [2.24, 2.45) is 11.8 Å². The van der Waals surface area contributed by atoms with Gasteiger partial charge < -0.3 is 0 Å². The number of ketones is 1. The number of Topliss-reactive ketones (excluding diaryl/α,β-unsaturated/α-hetero) is 1. The molecule has 1 aliphatic carbocycles. The Morgan fingerprint density at radius 2 is 1.89 bits per heavy atom. The number of halogens is 1. The van der Waals surface area contributed by atoms with Crippen LogP contribution in [0.1, 0.15) is 24.8 Å². The van der Waals surface area contributed by atoms with Crippen LogP contribution in [0.3, 0.4) is 0 Å². The number of hydrogen-bond acceptors (Lipinski definition) is 2. The summed E-state index contributed by atoms with van der Waals surface area (Å²) in [5.74, 6) is 1.47. The summed E-state index contributed by atoms with van der Waals surface area (Å²) in [6.07, 6.45) is 4.22. The van der Waals surface area contributed by atoms with E-state index in [1.165, 1.54) is 25.3 Å². The van der Waals surface area contributed by atoms with Gasteiger partial charge in [-0.1, -0.05) is 24.6 Å². The molecule has 0 N–H and O–H groups in total. The maximum Gasteiger partial charge on any atom is 0.151 e. The number of benzene rings is 1. The molecular formula is C16H20FNO. The standard InChI is InChI=1S/C16H20FNO/c17-16-7-2-1-4-12(16)8-15(19)11-18-9-13-5-3-6-14(13)10-18/h1-2,4,7,13-14H,3,5-6,8-11H2. The number of nitrogens with zero attached hydrogens (tertiary/aromatic N) is 1. The second-order valence-electron chi connectivity index (χ2n) is 5.95. The zero-order valence-corrected chi connectivity index (χ0v) is 11.1. The van der Waals surface area contributed by atoms with Gasteiger partial charge >= 0.3 is 0 Å². The largest absolute Gasteiger partial charge is 0.298 e. The lowest BCUT2D eigenvalue weighted by molar-refractivity contribution is -0.119. The van der Waals surface area contributed by atoms with Crippen LogP contribution in [0.15, 0.2) is 24.3 Å². The van der Waals surface area contributed by atoms with Gasteiger partial charge in [0.15, 0.2) is 5.78 Å². The van der Waals surface area contributed by atoms with Crippen LogP contribution in [-0.2, 0) is 11.2 Å². The van der Waals surface area contributed by atoms with E-state index in [1.807, 2.05) is 0 Å². The highest BCUT2D eigenvalue weighted by molar-refractivity contribution is 5.82. The van der Waals surface area contributed by atoms with Crippen LogP contribution in [-0.4, -0.2) is 30.3 Å². The minimum absolute atomic E-state index is 0.130. The van der Waals surface area contributed by atoms with Crippen molar-refractivity contribution >= 4 is 5.78 Å². The first kappa shape index (κ1) is 12.8. The van der Waals surface area contributed by atoms with Gasteiger partial charge in [-0.15, -0.1) is 0 Å². The number of hydrogen-bond donors (Lipinski definition) is 0. The Bertz CT molecular complexity index is 462. The fourth-order valence-corrected chi connectivity index (χ4v) is 3.62. The Kier molecular flexibility index (Phi) is 3.65. The SMILES string of the molecule is O=C(Cc1ccccc1F)CN1CC2CCCC2C1. The third kappa shape index (κ3) is 2.86. The summed E-state index contributed by atoms with van der Waals surface area (Å²) in [7, 11) is 0. The fourth-order valence-electron chi connectivity index (χ4n) is 3.62. The number of rotatable bonds is 4. The van der Waals surface area contributed by atoms with Crippen molar-refractivity contribution in [2.45, 2.75) is 25.7 Å². The Labute approximate surface area is 113 Å². The van der Waals surface area contributed by atoms with E-state index in [0.29, 0.717) is 12.1 Å². The molecular weight excluding hydrogens is 241 g/mol. The Hall–Kier alpha value is -1.22. The first-order valence-corrected chi connectivity index (χ1v) is 7.20. The maximum absolute atomic E-state index is 13.5. The molecule has 1 heterocycles. The van der Waals surface area contributed by atoms with Crippen molar-refractivity contribution in [2.75, 3.05) is 19.6 Å². The van der Waals surface area contributed by atoms with Crippen LogP contribution >= 0.6 is 0 Å². The first-order chi connectivity index (χ1) is 9.22. The highest BCUT2D eigenvalue weighted by atomic mass is 19.1. The molecule has 1 aromatic carbocycles. The van der Waals surface area contributed by atoms with Gasteiger partial charge in [0.25, 0.3) is 0 Å². The number of likely N-dealkylation sites (tertiary alicyclic amines) is 1. The zero-order valence-electron chi connectivity index (χ0n) is 11.1. The molecule has 0 spiro atoms. The Balaban J connectivity index is 1.53. The summed E-state index contributed by atoms with van der Waals surface area (Å²) in [4.78, 5) is 14.3. The van der Waals surface area contributed by atoms with Gasteiger partial charge in [-0.05, 0) is 36.3 Å². The molecule has 2 fully saturated rings. The predicted octanol–water partition coefficient (Wildman–Crippen LogP) is 2.67. The molecule has 2 aliphatic rings. The lowest BCUT2D eigenvalue weighted by atomic mass is 10.0. The van der Waals surface area contributed by atoms with E-state index in [4.69, 9.17) is 0 Å². The van der Waals surface area contributed by atoms with Crippen molar-refractivity contribution in [3.8, 4) is 0 Å². The second kappa shape index (κ2) is 5.41. The number of carbonyl (C=O) groups excluding carboxylic acids is 1. The third-order valence-corrected chi connectivity index (χ3v) is 4.55. The topological polar surface area (TPSA) is 20.3 Å². The van der Waals surface area contributed by atoms with Crippen LogP contribution in [0.2, 0.25) is 0 Å². The lowest BCUT2D eigenvalue weighted by Gasteiger charge is -2.15. The molecule has 1 saturated carbocycles. The molecule has 3 heteroatoms. The summed E-state index contributed by atoms with van der Waals surface area (Å²) < 4.78 is 13.5. The molecule has 0 aromatic heterocycles. The lowest BCUT2D eigenvalue weighted by Crippen LogP contribution is -2.29. The van der Waals surface area contributed by atoms with Gasteiger partial charge in [-0.25, -0.2) is 4.39 Å². The van der Waals surface area contributed by atoms with E-state index in [0.717, 1.165) is 24.9 Å². The highest BCUT2D eigenvalue weighted by Crippen LogP contribution is 2.37. The van der Waals surface area contributed by atoms with Gasteiger partial charge in [0.1, 0.15) is 5.82 Å². The van der Waals surface area contributed by atoms with Crippen molar-refractivity contribution in [1.29, 1.82) is 0 Å². The summed E-state index contributed by atoms with van der Waals surface area (Å²) in [5.41, 5.74) is 0.520. The van der Waals surface area contributed by atoms with E-state index in [2.05, 4.69) is 4.90 Å². The fraction of sp³-hybridized carbons (Fsp3) is 0.562. The van der Waals surface area contributed by atoms with Crippen molar-refractivity contribution < 1.29 is 9.18 Å². The van der Waals surface area contributed by atoms with Crippen LogP contribution in [0.25, 0.3) is 0 Å². The predicted molar refractivity (Wildman–Crippen MR) is 72.4 cm³/mol. The molecule has 0 amide bonds. The van der Waals surface area contributed by atoms with Crippen LogP contribution in [0, 0.1) is 17.7 Å². The molecule has 2 nitrogen and oxygen atoms in total. The normalized spacial score (nSPS) is 26.6. The molecule has 102 valence electrons. The van der Waals surface area contributed by atoms with Crippen molar-refractivity contribution in [3.63, 3.8) is 0 Å². The van der Waals surface area contributed by atoms with Gasteiger partial charge in [0, 0.05) is 19.5 Å². The summed E-state index contributed by atoms with van der Waals surface area (Å²) in [6, 6.07) is 6.56. The molecule has 1 aliphatic heterocycles. The number of carbonyl (C=O) groups is 1. The monoisotopic (exact) mass is 261 g/mol. The smallest absolute Gasteiger partial charge is 0.151 e. The average molecular weight is 261 g/mol. The minimum Gasteiger partial charge on any atom is -0.298 e. The molecule has 1 aromatic rings. The molecule has 1 saturated heterocycles. The quantitative estimate of drug-likeness (QED) is 0.830. The Morgan fingerprint density at radius 1 is 1.21 bits per heavy atom. The van der Waals surface area contributed by atoms with E-state index >= 15 is 0 Å². The second-order valence-corrected chi connectivity index (χ2v) is 5.95. The van der Waals surface area contributed by atoms with Crippen molar-refractivity contribution in [1.82, 2.24) is 4.90 Å². The molecule has 19 heavy (non-hydrogen) atoms. The third-order valence-electron chi connectivity index (χ3n) is 4.55. The van der Waals surface area contributed by atoms with Gasteiger partial charge in [0.2, 0.25) is 0 Å². The minimum atomic E-state index is -0.269. The number of fused-ring (bicyclic) bond motifs is 1. The molecule has 2 atom stereocenters. The van der Waals surface area contributed by atoms with E-state index in [9.17, 15) is 9.18 Å². The highest BCUT2D eigenvalue weighted by Gasteiger charge is 2.36. The molecule has 0 radical (unpaired) electrons. The zero-order chi connectivity index (χ0) is 13.2. The molecule has 3 rings (SSSR count). The first-order valence-electron chi connectivity index (χ1n) is 7.20. The summed E-state index contributed by atoms with van der Waals surface area (Å²) >= 11 is 0. The van der Waals surface area contributed by atoms with Crippen LogP contribution in [0.5, 0.6) is 0 Å². The van der Waals surface area contributed by atoms with E-state index < -0.39 is 0 Å². The Morgan fingerprint density at radius 3 is 2.58 bits per heavy atom. The average Bonchev–Trinajstić information content (AvgIpc) is 2.92. The van der Waals surface area contributed by atoms with E-state index in [1.54, 1.807) is 18.2 Å². The maximum atomic E-state index is 13.5. The van der Waals surface area contributed by atoms with Crippen LogP contribution < -0.4 is 0 Å². The van der Waals surface area contributed by atoms with Crippen LogP contribution in [0.4, 0.5) is 4.39 Å².